The van der Waals surface area contributed by atoms with E-state index in [1.165, 1.54) is 22.7 Å². The van der Waals surface area contributed by atoms with Crippen LogP contribution in [0.5, 0.6) is 0 Å². The average molecular weight is 762 g/mol. The van der Waals surface area contributed by atoms with Crippen LogP contribution >= 0.6 is 15.9 Å². The zero-order chi connectivity index (χ0) is 36.5. The minimum absolute atomic E-state index is 0.132. The Morgan fingerprint density at radius 3 is 2.63 bits per heavy atom. The number of hydrogen-bond donors (Lipinski definition) is 1. The molecule has 0 saturated carbocycles. The normalized spacial score (nSPS) is 21.3. The minimum atomic E-state index is -2.09. The number of likely N-dealkylation sites (tertiary alicyclic amines) is 1. The van der Waals surface area contributed by atoms with E-state index in [4.69, 9.17) is 4.74 Å². The molecule has 2 amide bonds. The monoisotopic (exact) mass is 760 g/mol. The van der Waals surface area contributed by atoms with E-state index in [9.17, 15) is 19.2 Å². The summed E-state index contributed by atoms with van der Waals surface area (Å²) in [5.74, 6) is -1.08. The number of aromatic nitrogens is 6. The molecule has 2 aliphatic rings. The number of nitrogens with zero attached hydrogens (tertiary/aromatic N) is 7. The largest absolute Gasteiger partial charge is 0.373 e. The molecule has 4 aromatic heterocycles. The van der Waals surface area contributed by atoms with Crippen molar-refractivity contribution in [1.82, 2.24) is 39.9 Å². The van der Waals surface area contributed by atoms with Gasteiger partial charge in [-0.05, 0) is 47.0 Å². The zero-order valence-electron chi connectivity index (χ0n) is 28.8. The molecule has 0 radical (unpaired) electrons. The Labute approximate surface area is 302 Å². The first-order valence-corrected chi connectivity index (χ1v) is 17.4. The van der Waals surface area contributed by atoms with Crippen molar-refractivity contribution in [3.05, 3.63) is 76.3 Å². The van der Waals surface area contributed by atoms with Crippen LogP contribution in [0.25, 0.3) is 22.2 Å². The van der Waals surface area contributed by atoms with E-state index in [0.717, 1.165) is 0 Å². The Hall–Kier alpha value is -4.76. The lowest BCUT2D eigenvalue weighted by atomic mass is 9.87. The number of nitrogens with one attached hydrogen (secondary N) is 1. The summed E-state index contributed by atoms with van der Waals surface area (Å²) in [6.45, 7) is 5.92. The van der Waals surface area contributed by atoms with Crippen molar-refractivity contribution in [3.8, 4) is 11.3 Å². The molecule has 15 heteroatoms. The van der Waals surface area contributed by atoms with Crippen molar-refractivity contribution >= 4 is 50.2 Å². The molecule has 51 heavy (non-hydrogen) atoms. The number of Topliss-reactive ketones (excluding diaryl/α,β-unsaturated/α-hetero) is 2. The van der Waals surface area contributed by atoms with Crippen LogP contribution in [0.3, 0.4) is 0 Å². The maximum absolute atomic E-state index is 16.7. The smallest absolute Gasteiger partial charge is 0.245 e. The van der Waals surface area contributed by atoms with Crippen molar-refractivity contribution in [2.75, 3.05) is 19.7 Å². The highest BCUT2D eigenvalue weighted by Crippen LogP contribution is 2.34. The summed E-state index contributed by atoms with van der Waals surface area (Å²) in [6, 6.07) is 4.09. The van der Waals surface area contributed by atoms with Gasteiger partial charge in [-0.2, -0.15) is 5.10 Å². The van der Waals surface area contributed by atoms with Crippen molar-refractivity contribution in [2.24, 2.45) is 5.41 Å². The maximum Gasteiger partial charge on any atom is 0.245 e. The summed E-state index contributed by atoms with van der Waals surface area (Å²) in [4.78, 5) is 72.7. The number of fused-ring (bicyclic) bond motifs is 4. The molecule has 1 saturated heterocycles. The van der Waals surface area contributed by atoms with E-state index in [1.54, 1.807) is 51.4 Å². The van der Waals surface area contributed by atoms with Gasteiger partial charge in [-0.3, -0.25) is 28.8 Å². The number of allylic oxidation sites excluding steroid dienone is 1. The van der Waals surface area contributed by atoms with E-state index in [1.807, 2.05) is 12.2 Å². The van der Waals surface area contributed by atoms with E-state index in [-0.39, 0.29) is 50.0 Å². The van der Waals surface area contributed by atoms with Gasteiger partial charge in [-0.1, -0.05) is 32.1 Å². The van der Waals surface area contributed by atoms with Gasteiger partial charge < -0.3 is 15.0 Å². The number of halogens is 2. The van der Waals surface area contributed by atoms with Crippen LogP contribution in [0.1, 0.15) is 61.2 Å². The first kappa shape index (κ1) is 36.0. The molecule has 2 atom stereocenters. The third-order valence-corrected chi connectivity index (χ3v) is 9.68. The van der Waals surface area contributed by atoms with Crippen LogP contribution in [0.2, 0.25) is 0 Å². The third kappa shape index (κ3) is 7.94. The summed E-state index contributed by atoms with van der Waals surface area (Å²) in [6.07, 6.45) is 8.33. The Bertz CT molecular complexity index is 2050. The maximum atomic E-state index is 16.7. The predicted octanol–water partition coefficient (Wildman–Crippen LogP) is 4.30. The van der Waals surface area contributed by atoms with Gasteiger partial charge in [0.1, 0.15) is 28.3 Å². The quantitative estimate of drug-likeness (QED) is 0.180. The molecule has 13 nitrogen and oxygen atoms in total. The standard InChI is InChI=1S/C36H38BrFN8O5/c1-21(47)33-25-11-26(24-14-39-22(2)40-15-24)41-16-29(25)46(44-33)17-32(49)45-20-36(38)13-28(45)30(48)12-27-23(7-8-31(37)43-27)18-51-10-6-5-9-35(3,4)34(50)42-19-36/h5-8,11,14-16,28H,9-10,12-13,17-20H2,1-4H3,(H,42,50)/t28-,36-/m0/s1. The number of carbonyl (C=O) groups excluding carboxylic acids is 4. The number of ketones is 2. The molecule has 0 aliphatic carbocycles. The number of carbonyl (C=O) groups is 4. The number of ether oxygens (including phenoxy) is 1. The Kier molecular flexibility index (Phi) is 10.2. The summed E-state index contributed by atoms with van der Waals surface area (Å²) in [7, 11) is 0. The lowest BCUT2D eigenvalue weighted by molar-refractivity contribution is -0.138. The molecule has 266 valence electrons. The summed E-state index contributed by atoms with van der Waals surface area (Å²) >= 11 is 3.37. The topological polar surface area (TPSA) is 162 Å². The van der Waals surface area contributed by atoms with Gasteiger partial charge in [-0.25, -0.2) is 19.3 Å². The summed E-state index contributed by atoms with van der Waals surface area (Å²) in [5.41, 5.74) is -0.106. The third-order valence-electron chi connectivity index (χ3n) is 9.24. The van der Waals surface area contributed by atoms with E-state index in [0.29, 0.717) is 50.3 Å². The van der Waals surface area contributed by atoms with Gasteiger partial charge in [0.15, 0.2) is 11.6 Å². The van der Waals surface area contributed by atoms with Crippen LogP contribution in [-0.4, -0.2) is 89.4 Å². The van der Waals surface area contributed by atoms with E-state index in [2.05, 4.69) is 46.3 Å². The van der Waals surface area contributed by atoms with E-state index < -0.39 is 41.9 Å². The molecule has 0 aromatic carbocycles. The highest BCUT2D eigenvalue weighted by atomic mass is 79.9. The number of rotatable bonds is 4. The second-order valence-corrected chi connectivity index (χ2v) is 14.5. The molecular weight excluding hydrogens is 723 g/mol. The molecule has 0 spiro atoms. The number of aryl methyl sites for hydroxylation is 1. The van der Waals surface area contributed by atoms with Gasteiger partial charge in [0.25, 0.3) is 0 Å². The van der Waals surface area contributed by atoms with Crippen LogP contribution in [0.15, 0.2) is 53.5 Å². The van der Waals surface area contributed by atoms with Crippen LogP contribution in [-0.2, 0) is 38.7 Å². The number of amides is 2. The first-order valence-electron chi connectivity index (χ1n) is 16.6. The predicted molar refractivity (Wildman–Crippen MR) is 188 cm³/mol. The molecule has 2 bridgehead atoms. The molecule has 6 rings (SSSR count). The molecule has 1 fully saturated rings. The fraction of sp³-hybridized carbons (Fsp3) is 0.417. The molecule has 6 heterocycles. The molecule has 0 unspecified atom stereocenters. The van der Waals surface area contributed by atoms with Gasteiger partial charge in [0.05, 0.1) is 61.9 Å². The second kappa shape index (κ2) is 14.5. The Balaban J connectivity index is 1.33. The zero-order valence-corrected chi connectivity index (χ0v) is 30.4. The summed E-state index contributed by atoms with van der Waals surface area (Å²) < 4.78 is 24.4. The van der Waals surface area contributed by atoms with Gasteiger partial charge in [0, 0.05) is 42.1 Å². The number of hydrogen-bond acceptors (Lipinski definition) is 10. The van der Waals surface area contributed by atoms with Crippen molar-refractivity contribution < 1.29 is 28.3 Å². The van der Waals surface area contributed by atoms with Crippen LogP contribution in [0.4, 0.5) is 4.39 Å². The van der Waals surface area contributed by atoms with Crippen LogP contribution in [0, 0.1) is 12.3 Å². The number of alkyl halides is 1. The van der Waals surface area contributed by atoms with Crippen molar-refractivity contribution in [2.45, 2.75) is 71.8 Å². The van der Waals surface area contributed by atoms with Crippen LogP contribution < -0.4 is 5.32 Å². The van der Waals surface area contributed by atoms with Gasteiger partial charge in [0.2, 0.25) is 11.8 Å². The van der Waals surface area contributed by atoms with Crippen molar-refractivity contribution in [3.63, 3.8) is 0 Å². The highest BCUT2D eigenvalue weighted by molar-refractivity contribution is 9.10. The molecule has 2 aliphatic heterocycles. The minimum Gasteiger partial charge on any atom is -0.373 e. The Morgan fingerprint density at radius 2 is 1.88 bits per heavy atom. The van der Waals surface area contributed by atoms with Gasteiger partial charge in [-0.15, -0.1) is 0 Å². The first-order chi connectivity index (χ1) is 24.2. The van der Waals surface area contributed by atoms with Gasteiger partial charge >= 0.3 is 0 Å². The fourth-order valence-corrected chi connectivity index (χ4v) is 6.64. The molecule has 4 aromatic rings. The average Bonchev–Trinajstić information content (AvgIpc) is 3.64. The number of pyridine rings is 2. The second-order valence-electron chi connectivity index (χ2n) is 13.7. The van der Waals surface area contributed by atoms with E-state index >= 15 is 4.39 Å². The Morgan fingerprint density at radius 1 is 1.12 bits per heavy atom. The fourth-order valence-electron chi connectivity index (χ4n) is 6.29. The summed E-state index contributed by atoms with van der Waals surface area (Å²) in [5, 5.41) is 7.65. The lowest BCUT2D eigenvalue weighted by Gasteiger charge is -2.26. The van der Waals surface area contributed by atoms with Crippen molar-refractivity contribution in [1.29, 1.82) is 0 Å². The lowest BCUT2D eigenvalue weighted by Crippen LogP contribution is -2.46. The molecule has 1 N–H and O–H groups in total. The highest BCUT2D eigenvalue weighted by Gasteiger charge is 2.49. The SMILES string of the molecule is CC(=O)c1nn(CC(=O)N2C[C@@]3(F)CNC(=O)C(C)(C)CC=CCOCc4ccc(Br)nc4CC(=O)[C@@H]2C3)c2cnc(-c3cnc(C)nc3)cc12. The molecular formula is C36H38BrFN8O5.